The number of nitrogens with zero attached hydrogens (tertiary/aromatic N) is 2. The number of benzene rings is 2. The number of nitrogens with one attached hydrogen (secondary N) is 7. The Morgan fingerprint density at radius 3 is 1.80 bits per heavy atom. The number of ketones is 3. The number of likely N-dealkylation sites (tertiary alicyclic amines) is 1. The van der Waals surface area contributed by atoms with Crippen molar-refractivity contribution in [2.75, 3.05) is 32.7 Å². The monoisotopic (exact) mass is 1440 g/mol. The van der Waals surface area contributed by atoms with Crippen LogP contribution in [0.1, 0.15) is 182 Å². The molecule has 1 saturated carbocycles. The van der Waals surface area contributed by atoms with E-state index in [1.165, 1.54) is 24.3 Å². The molecule has 0 radical (unpaired) electrons. The largest absolute Gasteiger partial charge is 0.511 e. The number of hydrogen-bond acceptors (Lipinski definition) is 20. The lowest BCUT2D eigenvalue weighted by atomic mass is 9.74. The van der Waals surface area contributed by atoms with Gasteiger partial charge in [0.25, 0.3) is 0 Å². The number of amides is 8. The van der Waals surface area contributed by atoms with Crippen molar-refractivity contribution in [1.29, 1.82) is 0 Å². The summed E-state index contributed by atoms with van der Waals surface area (Å²) in [7, 11) is 0. The van der Waals surface area contributed by atoms with Crippen LogP contribution in [0.25, 0.3) is 0 Å². The van der Waals surface area contributed by atoms with Crippen molar-refractivity contribution in [2.45, 2.75) is 226 Å². The van der Waals surface area contributed by atoms with E-state index in [0.29, 0.717) is 67.6 Å². The minimum atomic E-state index is -1.85. The van der Waals surface area contributed by atoms with E-state index in [2.05, 4.69) is 37.2 Å². The molecular formula is C74H108N12O17. The second kappa shape index (κ2) is 40.6. The van der Waals surface area contributed by atoms with E-state index in [-0.39, 0.29) is 161 Å². The summed E-state index contributed by atoms with van der Waals surface area (Å²) in [5.74, 6) is -9.85. The van der Waals surface area contributed by atoms with Gasteiger partial charge in [0, 0.05) is 64.6 Å². The minimum Gasteiger partial charge on any atom is -0.511 e. The van der Waals surface area contributed by atoms with Gasteiger partial charge in [-0.2, -0.15) is 0 Å². The Morgan fingerprint density at radius 2 is 1.19 bits per heavy atom. The molecule has 29 nitrogen and oxygen atoms in total. The van der Waals surface area contributed by atoms with Crippen LogP contribution < -0.4 is 54.4 Å². The number of hydrogen-bond donors (Lipinski definition) is 13. The summed E-state index contributed by atoms with van der Waals surface area (Å²) in [5, 5.41) is 50.1. The molecule has 0 aromatic heterocycles. The first kappa shape index (κ1) is 84.4. The van der Waals surface area contributed by atoms with Crippen molar-refractivity contribution in [3.05, 3.63) is 82.6 Å². The summed E-state index contributed by atoms with van der Waals surface area (Å²) in [4.78, 5) is 182. The number of Topliss-reactive ketones (excluding diaryl/α,β-unsaturated/α-hetero) is 3. The van der Waals surface area contributed by atoms with E-state index in [1.807, 2.05) is 55.4 Å². The van der Waals surface area contributed by atoms with Crippen molar-refractivity contribution < 1.29 is 82.4 Å². The van der Waals surface area contributed by atoms with E-state index in [4.69, 9.17) is 26.9 Å². The van der Waals surface area contributed by atoms with Crippen LogP contribution in [0.2, 0.25) is 0 Å². The number of nitrogens with two attached hydrogens (primary N) is 3. The first-order valence-electron chi connectivity index (χ1n) is 35.7. The first-order chi connectivity index (χ1) is 48.6. The molecule has 103 heavy (non-hydrogen) atoms. The molecule has 1 saturated heterocycles. The molecule has 1 aliphatic heterocycles. The number of aromatic hydroxyl groups is 1. The number of carbonyl (C=O) groups is 13. The molecule has 566 valence electrons. The number of unbranched alkanes of at least 4 members (excludes halogenated alkanes) is 2. The van der Waals surface area contributed by atoms with Gasteiger partial charge < -0.3 is 79.4 Å². The van der Waals surface area contributed by atoms with Gasteiger partial charge in [0.15, 0.2) is 17.3 Å². The van der Waals surface area contributed by atoms with Crippen molar-refractivity contribution in [3.63, 3.8) is 0 Å². The third-order valence-corrected chi connectivity index (χ3v) is 17.9. The standard InChI is InChI=1S/C74H108N12O17/c1-43(2)34-53(65-60(90)40-74(7,8)41-61(65)91)79-47-21-17-46(18-22-47)42-103-64(95)26-25-52(80-62(92)27-30-76)68(98)84-55(36-45-19-23-48(87)24-20-45)70(100)85-56(37-63(93)94)72(102)86-33-13-16-57(86)71(101)82-51(15-9-11-29-75)67(97)83-54(35-44(3)4)69(99)81-50(66(77)96)14-10-12-31-78-32-28-49-58(88)38-73(5,6)39-59(49)89/h17-24,28,43-44,50-52,54-57,78,87,90H,9-16,25-27,29-42,75-76H2,1-8H3,(H2,77,96)(H,80,92)(H,81,99)(H,82,101)(H,83,97)(H,84,98)(H,85,100)(H,93,94)/t50-,51+,52-,54-,55+,56+,57-/m0/s1. The maximum absolute atomic E-state index is 14.7. The van der Waals surface area contributed by atoms with Crippen LogP contribution in [0.3, 0.4) is 0 Å². The predicted molar refractivity (Wildman–Crippen MR) is 383 cm³/mol. The van der Waals surface area contributed by atoms with E-state index < -0.39 is 120 Å². The van der Waals surface area contributed by atoms with E-state index in [1.54, 1.807) is 30.3 Å². The van der Waals surface area contributed by atoms with Crippen LogP contribution in [-0.4, -0.2) is 177 Å². The summed E-state index contributed by atoms with van der Waals surface area (Å²) in [6.45, 7) is 15.7. The lowest BCUT2D eigenvalue weighted by Crippen LogP contribution is -2.60. The average Bonchev–Trinajstić information content (AvgIpc) is 1.55. The van der Waals surface area contributed by atoms with Crippen LogP contribution >= 0.6 is 0 Å². The van der Waals surface area contributed by atoms with Crippen molar-refractivity contribution in [1.82, 2.24) is 42.1 Å². The number of aliphatic imine (C=N–C) groups is 1. The molecule has 2 fully saturated rings. The molecule has 7 atom stereocenters. The number of carboxylic acids is 1. The third kappa shape index (κ3) is 28.2. The number of carbonyl (C=O) groups excluding carboxylic acids is 12. The summed E-state index contributed by atoms with van der Waals surface area (Å²) in [5.41, 5.74) is 18.8. The van der Waals surface area contributed by atoms with Crippen molar-refractivity contribution in [3.8, 4) is 5.75 Å². The minimum absolute atomic E-state index is 0.00395. The molecule has 3 aliphatic rings. The first-order valence-corrected chi connectivity index (χ1v) is 35.7. The third-order valence-electron chi connectivity index (χ3n) is 17.9. The van der Waals surface area contributed by atoms with E-state index in [9.17, 15) is 77.6 Å². The number of allylic oxidation sites excluding steroid dienone is 3. The van der Waals surface area contributed by atoms with Crippen LogP contribution in [0.5, 0.6) is 5.75 Å². The maximum Gasteiger partial charge on any atom is 0.306 e. The van der Waals surface area contributed by atoms with Gasteiger partial charge in [-0.15, -0.1) is 0 Å². The lowest BCUT2D eigenvalue weighted by molar-refractivity contribution is -0.146. The number of carboxylic acid groups (broad SMARTS) is 1. The highest BCUT2D eigenvalue weighted by molar-refractivity contribution is 6.24. The molecule has 0 unspecified atom stereocenters. The van der Waals surface area contributed by atoms with Gasteiger partial charge in [-0.1, -0.05) is 85.7 Å². The summed E-state index contributed by atoms with van der Waals surface area (Å²) in [6, 6.07) is 2.34. The second-order valence-electron chi connectivity index (χ2n) is 29.4. The van der Waals surface area contributed by atoms with Gasteiger partial charge in [-0.3, -0.25) is 67.3 Å². The van der Waals surface area contributed by atoms with Gasteiger partial charge in [-0.25, -0.2) is 0 Å². The molecule has 16 N–H and O–H groups in total. The molecule has 2 aromatic carbocycles. The van der Waals surface area contributed by atoms with Gasteiger partial charge in [0.1, 0.15) is 60.4 Å². The number of rotatable bonds is 41. The SMILES string of the molecule is CC(C)CC(=Nc1ccc(COC(=O)CC[C@H](NC(=O)CCN)C(=O)N[C@H](Cc2ccc(O)cc2)C(=O)N[C@H](CC(=O)O)C(=O)N2CCC[C@H]2C(=O)N[C@H](CCCCN)C(=O)N[C@@H](CC(C)C)C(=O)N[C@@H](CCCCNCC=C2C(=O)CC(C)(C)CC2=O)C(N)=O)cc1)C1=C(O)CC(C)(C)CC1=O. The fourth-order valence-corrected chi connectivity index (χ4v) is 12.6. The average molecular weight is 1440 g/mol. The lowest BCUT2D eigenvalue weighted by Gasteiger charge is -2.31. The number of ether oxygens (including phenoxy) is 1. The highest BCUT2D eigenvalue weighted by Gasteiger charge is 2.42. The Balaban J connectivity index is 1.26. The second-order valence-corrected chi connectivity index (χ2v) is 29.4. The zero-order valence-electron chi connectivity index (χ0n) is 60.8. The van der Waals surface area contributed by atoms with Crippen molar-refractivity contribution >= 4 is 87.9 Å². The van der Waals surface area contributed by atoms with Gasteiger partial charge in [0.2, 0.25) is 47.3 Å². The molecule has 0 spiro atoms. The van der Waals surface area contributed by atoms with Gasteiger partial charge in [0.05, 0.1) is 29.0 Å². The Kier molecular flexibility index (Phi) is 33.3. The topological polar surface area (TPSA) is 470 Å². The summed E-state index contributed by atoms with van der Waals surface area (Å²) < 4.78 is 5.55. The Hall–Kier alpha value is -9.22. The normalized spacial score (nSPS) is 17.7. The molecule has 5 rings (SSSR count). The molecular weight excluding hydrogens is 1330 g/mol. The fourth-order valence-electron chi connectivity index (χ4n) is 12.6. The summed E-state index contributed by atoms with van der Waals surface area (Å²) >= 11 is 0. The molecule has 0 bridgehead atoms. The Morgan fingerprint density at radius 1 is 0.631 bits per heavy atom. The Labute approximate surface area is 602 Å². The zero-order valence-corrected chi connectivity index (χ0v) is 60.8. The van der Waals surface area contributed by atoms with Gasteiger partial charge in [-0.05, 0) is 142 Å². The van der Waals surface area contributed by atoms with Crippen LogP contribution in [0.15, 0.2) is 76.5 Å². The molecule has 2 aliphatic carbocycles. The number of aliphatic carboxylic acids is 1. The highest BCUT2D eigenvalue weighted by atomic mass is 16.5. The quantitative estimate of drug-likeness (QED) is 0.0148. The number of aliphatic hydroxyl groups is 1. The fraction of sp³-hybridized carbons (Fsp3) is 0.595. The number of primary amides is 1. The number of esters is 1. The Bertz CT molecular complexity index is 3430. The van der Waals surface area contributed by atoms with E-state index in [0.717, 1.165) is 4.90 Å². The zero-order chi connectivity index (χ0) is 76.3. The van der Waals surface area contributed by atoms with Crippen LogP contribution in [0, 0.1) is 22.7 Å². The molecule has 2 aromatic rings. The number of aliphatic hydroxyl groups excluding tert-OH is 1. The van der Waals surface area contributed by atoms with E-state index >= 15 is 0 Å². The highest BCUT2D eigenvalue weighted by Crippen LogP contribution is 2.38. The number of phenolic OH excluding ortho intramolecular Hbond substituents is 1. The molecule has 1 heterocycles. The number of phenols is 1. The molecule has 8 amide bonds. The van der Waals surface area contributed by atoms with Crippen molar-refractivity contribution in [2.24, 2.45) is 44.9 Å². The van der Waals surface area contributed by atoms with Crippen LogP contribution in [-0.2, 0) is 80.1 Å². The van der Waals surface area contributed by atoms with Crippen LogP contribution in [0.4, 0.5) is 5.69 Å². The van der Waals surface area contributed by atoms with Gasteiger partial charge >= 0.3 is 11.9 Å². The predicted octanol–water partition coefficient (Wildman–Crippen LogP) is 3.81. The molecule has 29 heteroatoms. The summed E-state index contributed by atoms with van der Waals surface area (Å²) in [6.07, 6.45) is 3.18. The maximum atomic E-state index is 14.7. The smallest absolute Gasteiger partial charge is 0.306 e.